The Morgan fingerprint density at radius 3 is 2.77 bits per heavy atom. The first-order valence-corrected chi connectivity index (χ1v) is 10.8. The van der Waals surface area contributed by atoms with Gasteiger partial charge < -0.3 is 20.3 Å². The molecule has 0 amide bonds. The molecule has 1 aliphatic heterocycles. The molecule has 1 heterocycles. The third-order valence-corrected chi connectivity index (χ3v) is 5.50. The predicted octanol–water partition coefficient (Wildman–Crippen LogP) is 0.784. The topological polar surface area (TPSA) is 83.0 Å². The molecule has 146 valence electrons. The third kappa shape index (κ3) is 6.26. The summed E-state index contributed by atoms with van der Waals surface area (Å²) in [4.78, 5) is 7.22. The average molecular weight is 383 g/mol. The van der Waals surface area contributed by atoms with Gasteiger partial charge in [-0.1, -0.05) is 12.1 Å². The van der Waals surface area contributed by atoms with Crippen molar-refractivity contribution in [2.24, 2.45) is 4.99 Å². The predicted molar refractivity (Wildman–Crippen MR) is 104 cm³/mol. The van der Waals surface area contributed by atoms with Crippen LogP contribution in [0, 0.1) is 6.92 Å². The summed E-state index contributed by atoms with van der Waals surface area (Å²) < 4.78 is 29.2. The van der Waals surface area contributed by atoms with E-state index in [1.54, 1.807) is 6.07 Å². The van der Waals surface area contributed by atoms with Crippen LogP contribution in [0.4, 0.5) is 0 Å². The molecule has 0 bridgehead atoms. The molecule has 7 nitrogen and oxygen atoms in total. The number of aryl methyl sites for hydroxylation is 1. The second-order valence-corrected chi connectivity index (χ2v) is 8.69. The van der Waals surface area contributed by atoms with Crippen molar-refractivity contribution in [3.63, 3.8) is 0 Å². The number of aliphatic imine (C=N–C) groups is 1. The van der Waals surface area contributed by atoms with Crippen molar-refractivity contribution in [3.05, 3.63) is 29.3 Å². The molecule has 2 N–H and O–H groups in total. The number of guanidine groups is 1. The molecule has 1 aromatic rings. The summed E-state index contributed by atoms with van der Waals surface area (Å²) in [6.07, 6.45) is 1.37. The Morgan fingerprint density at radius 2 is 2.15 bits per heavy atom. The number of hydrogen-bond acceptors (Lipinski definition) is 5. The zero-order valence-corrected chi connectivity index (χ0v) is 16.9. The molecule has 1 fully saturated rings. The van der Waals surface area contributed by atoms with Crippen molar-refractivity contribution in [1.82, 2.24) is 15.5 Å². The molecule has 0 radical (unpaired) electrons. The summed E-state index contributed by atoms with van der Waals surface area (Å²) in [5.41, 5.74) is 1.72. The van der Waals surface area contributed by atoms with Gasteiger partial charge in [0.2, 0.25) is 0 Å². The van der Waals surface area contributed by atoms with Gasteiger partial charge in [0.15, 0.2) is 15.8 Å². The van der Waals surface area contributed by atoms with E-state index in [1.807, 2.05) is 26.0 Å². The number of ether oxygens (including phenoxy) is 1. The van der Waals surface area contributed by atoms with Gasteiger partial charge in [-0.25, -0.2) is 13.4 Å². The number of rotatable bonds is 6. The van der Waals surface area contributed by atoms with Gasteiger partial charge in [0.1, 0.15) is 0 Å². The Labute approximate surface area is 156 Å². The van der Waals surface area contributed by atoms with E-state index in [0.29, 0.717) is 18.0 Å². The molecule has 0 saturated carbocycles. The molecular formula is C18H30N4O3S. The highest BCUT2D eigenvalue weighted by molar-refractivity contribution is 7.90. The normalized spacial score (nSPS) is 19.4. The summed E-state index contributed by atoms with van der Waals surface area (Å²) in [6, 6.07) is 5.35. The largest absolute Gasteiger partial charge is 0.374 e. The van der Waals surface area contributed by atoms with E-state index in [1.165, 1.54) is 6.26 Å². The fourth-order valence-electron chi connectivity index (χ4n) is 2.94. The molecule has 0 spiro atoms. The lowest BCUT2D eigenvalue weighted by Gasteiger charge is -2.30. The number of likely N-dealkylation sites (N-methyl/N-ethyl adjacent to an activating group) is 1. The minimum Gasteiger partial charge on any atom is -0.374 e. The summed E-state index contributed by atoms with van der Waals surface area (Å²) in [7, 11) is -1.10. The van der Waals surface area contributed by atoms with Crippen molar-refractivity contribution >= 4 is 15.8 Å². The van der Waals surface area contributed by atoms with E-state index < -0.39 is 9.84 Å². The molecular weight excluding hydrogens is 352 g/mol. The minimum absolute atomic E-state index is 0.147. The van der Waals surface area contributed by atoms with E-state index in [-0.39, 0.29) is 6.10 Å². The Hall–Kier alpha value is -1.64. The molecule has 0 aliphatic carbocycles. The Balaban J connectivity index is 1.98. The maximum Gasteiger partial charge on any atom is 0.191 e. The zero-order valence-electron chi connectivity index (χ0n) is 16.1. The van der Waals surface area contributed by atoms with Gasteiger partial charge in [-0.2, -0.15) is 0 Å². The average Bonchev–Trinajstić information content (AvgIpc) is 2.56. The highest BCUT2D eigenvalue weighted by atomic mass is 32.2. The van der Waals surface area contributed by atoms with E-state index in [4.69, 9.17) is 4.74 Å². The molecule has 1 atom stereocenters. The van der Waals surface area contributed by atoms with Crippen LogP contribution in [-0.4, -0.2) is 71.5 Å². The number of nitrogens with one attached hydrogen (secondary N) is 2. The maximum atomic E-state index is 11.7. The van der Waals surface area contributed by atoms with Gasteiger partial charge in [-0.15, -0.1) is 0 Å². The van der Waals surface area contributed by atoms with Crippen LogP contribution < -0.4 is 10.6 Å². The summed E-state index contributed by atoms with van der Waals surface area (Å²) in [5.74, 6) is 0.731. The Morgan fingerprint density at radius 1 is 1.38 bits per heavy atom. The SMILES string of the molecule is CCNC(=NCc1ccc(S(C)(=O)=O)c(C)c1)NCC1CN(C)CCO1. The fourth-order valence-corrected chi connectivity index (χ4v) is 3.90. The number of benzene rings is 1. The van der Waals surface area contributed by atoms with Gasteiger partial charge in [-0.3, -0.25) is 0 Å². The number of sulfone groups is 1. The van der Waals surface area contributed by atoms with Crippen molar-refractivity contribution in [2.75, 3.05) is 46.1 Å². The smallest absolute Gasteiger partial charge is 0.191 e. The van der Waals surface area contributed by atoms with Crippen LogP contribution in [0.5, 0.6) is 0 Å². The van der Waals surface area contributed by atoms with Crippen LogP contribution >= 0.6 is 0 Å². The number of nitrogens with zero attached hydrogens (tertiary/aromatic N) is 2. The van der Waals surface area contributed by atoms with Gasteiger partial charge in [0, 0.05) is 32.4 Å². The highest BCUT2D eigenvalue weighted by Gasteiger charge is 2.17. The zero-order chi connectivity index (χ0) is 19.2. The van der Waals surface area contributed by atoms with E-state index in [0.717, 1.165) is 43.3 Å². The monoisotopic (exact) mass is 382 g/mol. The summed E-state index contributed by atoms with van der Waals surface area (Å²) in [6.45, 7) is 8.39. The van der Waals surface area contributed by atoms with Crippen molar-refractivity contribution in [3.8, 4) is 0 Å². The van der Waals surface area contributed by atoms with Crippen LogP contribution in [0.1, 0.15) is 18.1 Å². The minimum atomic E-state index is -3.19. The van der Waals surface area contributed by atoms with E-state index in [9.17, 15) is 8.42 Å². The Kier molecular flexibility index (Phi) is 7.43. The van der Waals surface area contributed by atoms with Crippen molar-refractivity contribution < 1.29 is 13.2 Å². The van der Waals surface area contributed by atoms with Crippen LogP contribution in [-0.2, 0) is 21.1 Å². The molecule has 8 heteroatoms. The second kappa shape index (κ2) is 9.34. The van der Waals surface area contributed by atoms with Gasteiger partial charge in [0.05, 0.1) is 24.2 Å². The van der Waals surface area contributed by atoms with E-state index in [2.05, 4.69) is 27.6 Å². The Bertz CT molecular complexity index is 734. The first-order chi connectivity index (χ1) is 12.3. The molecule has 1 aliphatic rings. The van der Waals surface area contributed by atoms with Crippen LogP contribution in [0.15, 0.2) is 28.1 Å². The van der Waals surface area contributed by atoms with Crippen molar-refractivity contribution in [2.45, 2.75) is 31.4 Å². The molecule has 1 aromatic carbocycles. The van der Waals surface area contributed by atoms with Crippen LogP contribution in [0.25, 0.3) is 0 Å². The first kappa shape index (κ1) is 20.7. The lowest BCUT2D eigenvalue weighted by molar-refractivity contribution is -0.0161. The summed E-state index contributed by atoms with van der Waals surface area (Å²) >= 11 is 0. The number of morpholine rings is 1. The molecule has 2 rings (SSSR count). The fraction of sp³-hybridized carbons (Fsp3) is 0.611. The quantitative estimate of drug-likeness (QED) is 0.559. The van der Waals surface area contributed by atoms with Crippen LogP contribution in [0.2, 0.25) is 0 Å². The summed E-state index contributed by atoms with van der Waals surface area (Å²) in [5, 5.41) is 6.55. The van der Waals surface area contributed by atoms with E-state index >= 15 is 0 Å². The standard InChI is InChI=1S/C18H30N4O3S/c1-5-19-18(21-12-16-13-22(3)8-9-25-16)20-11-15-6-7-17(14(2)10-15)26(4,23)24/h6-7,10,16H,5,8-9,11-13H2,1-4H3,(H2,19,20,21). The lowest BCUT2D eigenvalue weighted by atomic mass is 10.1. The lowest BCUT2D eigenvalue weighted by Crippen LogP contribution is -2.48. The molecule has 26 heavy (non-hydrogen) atoms. The van der Waals surface area contributed by atoms with Gasteiger partial charge >= 0.3 is 0 Å². The maximum absolute atomic E-state index is 11.7. The van der Waals surface area contributed by atoms with Crippen LogP contribution in [0.3, 0.4) is 0 Å². The number of hydrogen-bond donors (Lipinski definition) is 2. The molecule has 1 saturated heterocycles. The highest BCUT2D eigenvalue weighted by Crippen LogP contribution is 2.17. The third-order valence-electron chi connectivity index (χ3n) is 4.24. The van der Waals surface area contributed by atoms with Gasteiger partial charge in [0.25, 0.3) is 0 Å². The van der Waals surface area contributed by atoms with Crippen molar-refractivity contribution in [1.29, 1.82) is 0 Å². The molecule has 0 aromatic heterocycles. The first-order valence-electron chi connectivity index (χ1n) is 8.91. The molecule has 1 unspecified atom stereocenters. The van der Waals surface area contributed by atoms with Gasteiger partial charge in [-0.05, 0) is 38.1 Å². The second-order valence-electron chi connectivity index (χ2n) is 6.70.